The largest absolute Gasteiger partial charge is 0.327 e. The van der Waals surface area contributed by atoms with Gasteiger partial charge in [-0.1, -0.05) is 24.3 Å². The van der Waals surface area contributed by atoms with Gasteiger partial charge in [0.1, 0.15) is 0 Å². The average Bonchev–Trinajstić information content (AvgIpc) is 2.66. The average molecular weight is 308 g/mol. The lowest BCUT2D eigenvalue weighted by molar-refractivity contribution is 0.483. The van der Waals surface area contributed by atoms with Gasteiger partial charge in [0, 0.05) is 16.8 Å². The minimum absolute atomic E-state index is 0.246. The van der Waals surface area contributed by atoms with E-state index >= 15 is 0 Å². The van der Waals surface area contributed by atoms with E-state index in [1.807, 2.05) is 0 Å². The van der Waals surface area contributed by atoms with Crippen LogP contribution in [-0.4, -0.2) is 6.04 Å². The predicted molar refractivity (Wildman–Crippen MR) is 76.6 cm³/mol. The molecule has 2 unspecified atom stereocenters. The van der Waals surface area contributed by atoms with Gasteiger partial charge in [-0.25, -0.2) is 0 Å². The van der Waals surface area contributed by atoms with Crippen LogP contribution in [0.3, 0.4) is 0 Å². The molecule has 1 aliphatic rings. The fourth-order valence-electron chi connectivity index (χ4n) is 2.52. The summed E-state index contributed by atoms with van der Waals surface area (Å²) >= 11 is 5.28. The molecule has 17 heavy (non-hydrogen) atoms. The van der Waals surface area contributed by atoms with Gasteiger partial charge >= 0.3 is 0 Å². The van der Waals surface area contributed by atoms with Crippen molar-refractivity contribution >= 4 is 27.3 Å². The first-order valence-electron chi connectivity index (χ1n) is 5.81. The Morgan fingerprint density at radius 2 is 2.12 bits per heavy atom. The van der Waals surface area contributed by atoms with Gasteiger partial charge in [-0.05, 0) is 52.0 Å². The topological polar surface area (TPSA) is 26.0 Å². The van der Waals surface area contributed by atoms with Crippen LogP contribution in [0, 0.1) is 0 Å². The predicted octanol–water partition coefficient (Wildman–Crippen LogP) is 3.72. The third-order valence-electron chi connectivity index (χ3n) is 3.48. The highest BCUT2D eigenvalue weighted by Gasteiger charge is 2.30. The van der Waals surface area contributed by atoms with E-state index in [0.717, 1.165) is 12.8 Å². The van der Waals surface area contributed by atoms with Crippen LogP contribution in [0.15, 0.2) is 40.2 Å². The van der Waals surface area contributed by atoms with E-state index < -0.39 is 0 Å². The number of halogens is 1. The Labute approximate surface area is 114 Å². The number of rotatable bonds is 3. The summed E-state index contributed by atoms with van der Waals surface area (Å²) in [5.41, 5.74) is 9.25. The van der Waals surface area contributed by atoms with Crippen molar-refractivity contribution in [1.29, 1.82) is 0 Å². The lowest BCUT2D eigenvalue weighted by Crippen LogP contribution is -2.37. The first kappa shape index (κ1) is 11.5. The molecule has 0 saturated heterocycles. The molecule has 0 bridgehead atoms. The highest BCUT2D eigenvalue weighted by molar-refractivity contribution is 9.11. The van der Waals surface area contributed by atoms with Crippen LogP contribution < -0.4 is 5.73 Å². The smallest absolute Gasteiger partial charge is 0.0701 e. The second-order valence-corrected chi connectivity index (χ2v) is 7.13. The van der Waals surface area contributed by atoms with Gasteiger partial charge in [0.05, 0.1) is 3.79 Å². The standard InChI is InChI=1S/C14H14BrNS/c15-14-6-5-10(17-14)8-13(16)12-7-9-3-1-2-4-11(9)12/h1-6,12-13H,7-8,16H2. The number of hydrogen-bond acceptors (Lipinski definition) is 2. The van der Waals surface area contributed by atoms with Gasteiger partial charge in [-0.15, -0.1) is 11.3 Å². The second-order valence-electron chi connectivity index (χ2n) is 4.58. The Morgan fingerprint density at radius 3 is 2.82 bits per heavy atom. The van der Waals surface area contributed by atoms with Crippen LogP contribution in [0.2, 0.25) is 0 Å². The molecular formula is C14H14BrNS. The number of benzene rings is 1. The molecule has 1 heterocycles. The van der Waals surface area contributed by atoms with Gasteiger partial charge in [0.25, 0.3) is 0 Å². The molecule has 3 heteroatoms. The third-order valence-corrected chi connectivity index (χ3v) is 5.12. The van der Waals surface area contributed by atoms with Gasteiger partial charge in [-0.2, -0.15) is 0 Å². The van der Waals surface area contributed by atoms with Crippen LogP contribution in [0.1, 0.15) is 21.9 Å². The van der Waals surface area contributed by atoms with Crippen molar-refractivity contribution in [3.8, 4) is 0 Å². The number of nitrogens with two attached hydrogens (primary N) is 1. The maximum Gasteiger partial charge on any atom is 0.0701 e. The molecule has 0 saturated carbocycles. The van der Waals surface area contributed by atoms with Crippen LogP contribution in [0.25, 0.3) is 0 Å². The van der Waals surface area contributed by atoms with Crippen LogP contribution >= 0.6 is 27.3 Å². The molecule has 1 nitrogen and oxygen atoms in total. The van der Waals surface area contributed by atoms with E-state index in [4.69, 9.17) is 5.73 Å². The summed E-state index contributed by atoms with van der Waals surface area (Å²) in [5.74, 6) is 0.548. The maximum atomic E-state index is 6.33. The molecule has 0 fully saturated rings. The highest BCUT2D eigenvalue weighted by Crippen LogP contribution is 2.38. The highest BCUT2D eigenvalue weighted by atomic mass is 79.9. The Hall–Kier alpha value is -0.640. The fraction of sp³-hybridized carbons (Fsp3) is 0.286. The molecule has 1 aromatic heterocycles. The van der Waals surface area contributed by atoms with Crippen molar-refractivity contribution in [2.75, 3.05) is 0 Å². The SMILES string of the molecule is NC(Cc1ccc(Br)s1)C1Cc2ccccc21. The maximum absolute atomic E-state index is 6.33. The van der Waals surface area contributed by atoms with Crippen molar-refractivity contribution in [1.82, 2.24) is 0 Å². The summed E-state index contributed by atoms with van der Waals surface area (Å²) in [6.45, 7) is 0. The lowest BCUT2D eigenvalue weighted by Gasteiger charge is -2.34. The van der Waals surface area contributed by atoms with Crippen LogP contribution in [0.5, 0.6) is 0 Å². The summed E-state index contributed by atoms with van der Waals surface area (Å²) in [6, 6.07) is 13.2. The molecule has 0 amide bonds. The molecule has 0 spiro atoms. The Morgan fingerprint density at radius 1 is 1.29 bits per heavy atom. The Kier molecular flexibility index (Phi) is 3.07. The number of hydrogen-bond donors (Lipinski definition) is 1. The van der Waals surface area contributed by atoms with E-state index in [1.54, 1.807) is 11.3 Å². The van der Waals surface area contributed by atoms with Gasteiger partial charge in [0.2, 0.25) is 0 Å². The van der Waals surface area contributed by atoms with Gasteiger partial charge in [0.15, 0.2) is 0 Å². The monoisotopic (exact) mass is 307 g/mol. The van der Waals surface area contributed by atoms with Crippen molar-refractivity contribution < 1.29 is 0 Å². The van der Waals surface area contributed by atoms with Crippen molar-refractivity contribution in [2.24, 2.45) is 5.73 Å². The summed E-state index contributed by atoms with van der Waals surface area (Å²) in [7, 11) is 0. The zero-order valence-electron chi connectivity index (χ0n) is 9.40. The molecule has 0 aliphatic heterocycles. The number of fused-ring (bicyclic) bond motifs is 1. The van der Waals surface area contributed by atoms with E-state index in [0.29, 0.717) is 5.92 Å². The van der Waals surface area contributed by atoms with Gasteiger partial charge in [-0.3, -0.25) is 0 Å². The van der Waals surface area contributed by atoms with Crippen molar-refractivity contribution in [2.45, 2.75) is 24.8 Å². The zero-order chi connectivity index (χ0) is 11.8. The second kappa shape index (κ2) is 4.56. The lowest BCUT2D eigenvalue weighted by atomic mass is 9.73. The number of thiophene rings is 1. The molecule has 3 rings (SSSR count). The summed E-state index contributed by atoms with van der Waals surface area (Å²) < 4.78 is 1.19. The van der Waals surface area contributed by atoms with Crippen molar-refractivity contribution in [3.05, 3.63) is 56.2 Å². The van der Waals surface area contributed by atoms with E-state index in [1.165, 1.54) is 19.8 Å². The van der Waals surface area contributed by atoms with Gasteiger partial charge < -0.3 is 5.73 Å². The summed E-state index contributed by atoms with van der Waals surface area (Å²) in [4.78, 5) is 1.37. The van der Waals surface area contributed by atoms with Crippen LogP contribution in [0.4, 0.5) is 0 Å². The molecule has 2 atom stereocenters. The summed E-state index contributed by atoms with van der Waals surface area (Å²) in [5, 5.41) is 0. The van der Waals surface area contributed by atoms with Crippen molar-refractivity contribution in [3.63, 3.8) is 0 Å². The fourth-order valence-corrected chi connectivity index (χ4v) is 4.07. The summed E-state index contributed by atoms with van der Waals surface area (Å²) in [6.07, 6.45) is 2.12. The normalized spacial score (nSPS) is 19.5. The first-order chi connectivity index (χ1) is 8.24. The Balaban J connectivity index is 1.71. The molecular weight excluding hydrogens is 294 g/mol. The molecule has 2 N–H and O–H groups in total. The van der Waals surface area contributed by atoms with E-state index in [9.17, 15) is 0 Å². The van der Waals surface area contributed by atoms with E-state index in [2.05, 4.69) is 52.3 Å². The minimum atomic E-state index is 0.246. The zero-order valence-corrected chi connectivity index (χ0v) is 11.8. The van der Waals surface area contributed by atoms with E-state index in [-0.39, 0.29) is 6.04 Å². The molecule has 1 aromatic carbocycles. The first-order valence-corrected chi connectivity index (χ1v) is 7.42. The Bertz CT molecular complexity index is 535. The molecule has 2 aromatic rings. The molecule has 88 valence electrons. The third kappa shape index (κ3) is 2.19. The minimum Gasteiger partial charge on any atom is -0.327 e. The quantitative estimate of drug-likeness (QED) is 0.919. The van der Waals surface area contributed by atoms with Crippen LogP contribution in [-0.2, 0) is 12.8 Å². The molecule has 1 aliphatic carbocycles. The molecule has 0 radical (unpaired) electrons.